The van der Waals surface area contributed by atoms with Crippen LogP contribution in [-0.2, 0) is 6.42 Å². The zero-order chi connectivity index (χ0) is 11.1. The lowest BCUT2D eigenvalue weighted by Gasteiger charge is -2.03. The van der Waals surface area contributed by atoms with Crippen LogP contribution in [0.1, 0.15) is 4.88 Å². The third kappa shape index (κ3) is 5.57. The number of aliphatic imine (C=N–C) groups is 2. The molecule has 0 spiro atoms. The second-order valence-corrected chi connectivity index (χ2v) is 3.87. The number of nitrogens with one attached hydrogen (secondary N) is 1. The molecule has 5 N–H and O–H groups in total. The van der Waals surface area contributed by atoms with Crippen LogP contribution in [0.15, 0.2) is 27.5 Å². The molecule has 1 aromatic rings. The molecule has 0 saturated heterocycles. The Hall–Kier alpha value is -1.27. The molecule has 0 saturated carbocycles. The van der Waals surface area contributed by atoms with Crippen LogP contribution >= 0.6 is 23.7 Å². The van der Waals surface area contributed by atoms with E-state index < -0.39 is 0 Å². The quantitative estimate of drug-likeness (QED) is 0.549. The summed E-state index contributed by atoms with van der Waals surface area (Å²) in [6, 6.07) is 4.13. The van der Waals surface area contributed by atoms with Crippen molar-refractivity contribution < 1.29 is 0 Å². The van der Waals surface area contributed by atoms with Crippen LogP contribution in [0.5, 0.6) is 0 Å². The highest BCUT2D eigenvalue weighted by atomic mass is 35.5. The van der Waals surface area contributed by atoms with Crippen molar-refractivity contribution in [3.8, 4) is 0 Å². The fourth-order valence-electron chi connectivity index (χ4n) is 1.04. The molecule has 0 aromatic carbocycles. The van der Waals surface area contributed by atoms with E-state index in [-0.39, 0.29) is 18.4 Å². The van der Waals surface area contributed by atoms with E-state index in [1.807, 2.05) is 6.07 Å². The number of thiophene rings is 1. The molecule has 90 valence electrons. The van der Waals surface area contributed by atoms with Crippen LogP contribution in [0.2, 0.25) is 0 Å². The SMILES string of the molecule is CN=C(N=C(N)N)NCCc1cccs1.Cl. The first-order valence-electron chi connectivity index (χ1n) is 4.55. The van der Waals surface area contributed by atoms with Gasteiger partial charge in [-0.3, -0.25) is 4.99 Å². The Morgan fingerprint density at radius 3 is 2.75 bits per heavy atom. The summed E-state index contributed by atoms with van der Waals surface area (Å²) < 4.78 is 0. The van der Waals surface area contributed by atoms with Crippen LogP contribution in [0, 0.1) is 0 Å². The molecule has 1 rings (SSSR count). The number of nitrogens with zero attached hydrogens (tertiary/aromatic N) is 2. The first kappa shape index (κ1) is 14.7. The molecule has 0 atom stereocenters. The number of nitrogens with two attached hydrogens (primary N) is 2. The average molecular weight is 262 g/mol. The zero-order valence-corrected chi connectivity index (χ0v) is 10.6. The van der Waals surface area contributed by atoms with Crippen LogP contribution in [-0.4, -0.2) is 25.5 Å². The van der Waals surface area contributed by atoms with Gasteiger partial charge >= 0.3 is 0 Å². The summed E-state index contributed by atoms with van der Waals surface area (Å²) in [6.07, 6.45) is 0.941. The molecule has 16 heavy (non-hydrogen) atoms. The van der Waals surface area contributed by atoms with E-state index in [1.54, 1.807) is 18.4 Å². The summed E-state index contributed by atoms with van der Waals surface area (Å²) >= 11 is 1.73. The maximum absolute atomic E-state index is 5.24. The molecule has 1 aromatic heterocycles. The standard InChI is InChI=1S/C9H15N5S.ClH/c1-12-9(14-8(10)11)13-5-4-7-3-2-6-15-7;/h2-3,6H,4-5H2,1H3,(H5,10,11,12,13,14);1H. The Labute approximate surface area is 105 Å². The topological polar surface area (TPSA) is 88.8 Å². The van der Waals surface area contributed by atoms with Gasteiger partial charge in [0.15, 0.2) is 5.96 Å². The fraction of sp³-hybridized carbons (Fsp3) is 0.333. The van der Waals surface area contributed by atoms with Crippen molar-refractivity contribution in [3.05, 3.63) is 22.4 Å². The van der Waals surface area contributed by atoms with E-state index >= 15 is 0 Å². The number of rotatable bonds is 3. The van der Waals surface area contributed by atoms with Gasteiger partial charge < -0.3 is 16.8 Å². The van der Waals surface area contributed by atoms with Crippen LogP contribution < -0.4 is 16.8 Å². The number of guanidine groups is 2. The van der Waals surface area contributed by atoms with Gasteiger partial charge in [-0.15, -0.1) is 23.7 Å². The highest BCUT2D eigenvalue weighted by molar-refractivity contribution is 7.09. The summed E-state index contributed by atoms with van der Waals surface area (Å²) in [7, 11) is 1.64. The second kappa shape index (κ2) is 7.95. The minimum atomic E-state index is 0. The Bertz CT molecular complexity index is 343. The van der Waals surface area contributed by atoms with Crippen molar-refractivity contribution in [2.75, 3.05) is 13.6 Å². The summed E-state index contributed by atoms with van der Waals surface area (Å²) in [5.74, 6) is 0.478. The van der Waals surface area contributed by atoms with Gasteiger partial charge in [0.05, 0.1) is 0 Å². The van der Waals surface area contributed by atoms with Gasteiger partial charge in [0.1, 0.15) is 0 Å². The number of hydrogen-bond donors (Lipinski definition) is 3. The van der Waals surface area contributed by atoms with Crippen molar-refractivity contribution in [2.45, 2.75) is 6.42 Å². The molecule has 7 heteroatoms. The van der Waals surface area contributed by atoms with Crippen molar-refractivity contribution in [3.63, 3.8) is 0 Å². The summed E-state index contributed by atoms with van der Waals surface area (Å²) in [5.41, 5.74) is 10.5. The Morgan fingerprint density at radius 2 is 2.25 bits per heavy atom. The average Bonchev–Trinajstić information content (AvgIpc) is 2.68. The van der Waals surface area contributed by atoms with Crippen LogP contribution in [0.3, 0.4) is 0 Å². The van der Waals surface area contributed by atoms with Crippen molar-refractivity contribution in [1.29, 1.82) is 0 Å². The molecule has 0 radical (unpaired) electrons. The predicted octanol–water partition coefficient (Wildman–Crippen LogP) is 0.561. The molecule has 5 nitrogen and oxygen atoms in total. The van der Waals surface area contributed by atoms with Gasteiger partial charge in [0.25, 0.3) is 0 Å². The van der Waals surface area contributed by atoms with E-state index in [0.717, 1.165) is 13.0 Å². The van der Waals surface area contributed by atoms with Crippen molar-refractivity contribution >= 4 is 35.7 Å². The molecule has 1 heterocycles. The molecule has 0 aliphatic heterocycles. The summed E-state index contributed by atoms with van der Waals surface area (Å²) in [5, 5.41) is 5.10. The second-order valence-electron chi connectivity index (χ2n) is 2.84. The van der Waals surface area contributed by atoms with Crippen LogP contribution in [0.4, 0.5) is 0 Å². The highest BCUT2D eigenvalue weighted by Crippen LogP contribution is 2.07. The van der Waals surface area contributed by atoms with E-state index in [1.165, 1.54) is 4.88 Å². The minimum Gasteiger partial charge on any atom is -0.370 e. The molecule has 0 bridgehead atoms. The van der Waals surface area contributed by atoms with Gasteiger partial charge in [-0.2, -0.15) is 4.99 Å². The lowest BCUT2D eigenvalue weighted by atomic mass is 10.3. The zero-order valence-electron chi connectivity index (χ0n) is 9.01. The van der Waals surface area contributed by atoms with Crippen molar-refractivity contribution in [2.24, 2.45) is 21.5 Å². The van der Waals surface area contributed by atoms with Gasteiger partial charge in [0.2, 0.25) is 5.96 Å². The first-order valence-corrected chi connectivity index (χ1v) is 5.43. The Kier molecular flexibility index (Phi) is 7.32. The lowest BCUT2D eigenvalue weighted by Crippen LogP contribution is -2.30. The predicted molar refractivity (Wildman–Crippen MR) is 72.4 cm³/mol. The fourth-order valence-corrected chi connectivity index (χ4v) is 1.75. The maximum atomic E-state index is 5.24. The minimum absolute atomic E-state index is 0. The molecule has 0 amide bonds. The molecular weight excluding hydrogens is 246 g/mol. The van der Waals surface area contributed by atoms with Gasteiger partial charge in [-0.05, 0) is 17.9 Å². The van der Waals surface area contributed by atoms with Gasteiger partial charge in [0, 0.05) is 18.5 Å². The molecule has 0 aliphatic carbocycles. The highest BCUT2D eigenvalue weighted by Gasteiger charge is 1.96. The number of halogens is 1. The van der Waals surface area contributed by atoms with E-state index in [0.29, 0.717) is 5.96 Å². The first-order chi connectivity index (χ1) is 7.22. The molecule has 0 aliphatic rings. The molecule has 0 fully saturated rings. The Balaban J connectivity index is 0.00000225. The maximum Gasteiger partial charge on any atom is 0.220 e. The van der Waals surface area contributed by atoms with Gasteiger partial charge in [-0.25, -0.2) is 0 Å². The monoisotopic (exact) mass is 261 g/mol. The van der Waals surface area contributed by atoms with Crippen LogP contribution in [0.25, 0.3) is 0 Å². The van der Waals surface area contributed by atoms with Crippen molar-refractivity contribution in [1.82, 2.24) is 5.32 Å². The lowest BCUT2D eigenvalue weighted by molar-refractivity contribution is 0.867. The largest absolute Gasteiger partial charge is 0.370 e. The summed E-state index contributed by atoms with van der Waals surface area (Å²) in [6.45, 7) is 0.768. The third-order valence-corrected chi connectivity index (χ3v) is 2.62. The van der Waals surface area contributed by atoms with E-state index in [2.05, 4.69) is 26.7 Å². The Morgan fingerprint density at radius 1 is 1.50 bits per heavy atom. The third-order valence-electron chi connectivity index (χ3n) is 1.68. The molecule has 0 unspecified atom stereocenters. The number of hydrogen-bond acceptors (Lipinski definition) is 2. The molecular formula is C9H16ClN5S. The van der Waals surface area contributed by atoms with E-state index in [4.69, 9.17) is 11.5 Å². The van der Waals surface area contributed by atoms with Gasteiger partial charge in [-0.1, -0.05) is 6.07 Å². The summed E-state index contributed by atoms with van der Waals surface area (Å²) in [4.78, 5) is 9.06. The van der Waals surface area contributed by atoms with E-state index in [9.17, 15) is 0 Å². The smallest absolute Gasteiger partial charge is 0.220 e. The normalized spacial score (nSPS) is 10.4.